The maximum Gasteiger partial charge on any atom is 0.182 e. The summed E-state index contributed by atoms with van der Waals surface area (Å²) in [6, 6.07) is 0. The number of aryl methyl sites for hydroxylation is 2. The largest absolute Gasteiger partial charge is 0.335 e. The standard InChI is InChI=1S/C12H15N3OS/c1-3-5-15-6-4-13-11(15)7-10(16)12-9(2)14-8-17-12/h4,6,8H,3,5,7H2,1-2H3. The molecular formula is C12H15N3OS. The number of carbonyl (C=O) groups is 1. The summed E-state index contributed by atoms with van der Waals surface area (Å²) < 4.78 is 2.04. The number of ketones is 1. The number of rotatable bonds is 5. The first-order chi connectivity index (χ1) is 8.22. The van der Waals surface area contributed by atoms with Crippen LogP contribution in [0.2, 0.25) is 0 Å². The Labute approximate surface area is 104 Å². The van der Waals surface area contributed by atoms with E-state index < -0.39 is 0 Å². The molecule has 2 aromatic rings. The van der Waals surface area contributed by atoms with Crippen LogP contribution in [0.25, 0.3) is 0 Å². The number of carbonyl (C=O) groups excluding carboxylic acids is 1. The maximum absolute atomic E-state index is 12.1. The second-order valence-corrected chi connectivity index (χ2v) is 4.76. The Balaban J connectivity index is 2.13. The van der Waals surface area contributed by atoms with E-state index in [0.29, 0.717) is 6.42 Å². The molecule has 90 valence electrons. The van der Waals surface area contributed by atoms with E-state index in [1.165, 1.54) is 11.3 Å². The van der Waals surface area contributed by atoms with Gasteiger partial charge in [-0.05, 0) is 13.3 Å². The van der Waals surface area contributed by atoms with Gasteiger partial charge in [0.05, 0.1) is 22.5 Å². The van der Waals surface area contributed by atoms with E-state index in [9.17, 15) is 4.79 Å². The minimum Gasteiger partial charge on any atom is -0.335 e. The van der Waals surface area contributed by atoms with Crippen molar-refractivity contribution >= 4 is 17.1 Å². The molecule has 4 nitrogen and oxygen atoms in total. The lowest BCUT2D eigenvalue weighted by Crippen LogP contribution is -2.10. The summed E-state index contributed by atoms with van der Waals surface area (Å²) >= 11 is 1.40. The average molecular weight is 249 g/mol. The van der Waals surface area contributed by atoms with Gasteiger partial charge in [0.25, 0.3) is 0 Å². The first kappa shape index (κ1) is 12.0. The summed E-state index contributed by atoms with van der Waals surface area (Å²) in [5, 5.41) is 0. The lowest BCUT2D eigenvalue weighted by Gasteiger charge is -2.04. The third-order valence-electron chi connectivity index (χ3n) is 2.58. The Morgan fingerprint density at radius 2 is 2.29 bits per heavy atom. The molecule has 2 aromatic heterocycles. The van der Waals surface area contributed by atoms with Crippen LogP contribution in [0.3, 0.4) is 0 Å². The third-order valence-corrected chi connectivity index (χ3v) is 3.55. The van der Waals surface area contributed by atoms with Gasteiger partial charge in [0, 0.05) is 18.9 Å². The van der Waals surface area contributed by atoms with E-state index in [0.717, 1.165) is 29.4 Å². The predicted octanol–water partition coefficient (Wildman–Crippen LogP) is 2.48. The van der Waals surface area contributed by atoms with Gasteiger partial charge in [-0.3, -0.25) is 4.79 Å². The molecule has 0 amide bonds. The van der Waals surface area contributed by atoms with E-state index in [-0.39, 0.29) is 5.78 Å². The molecule has 0 aliphatic carbocycles. The second kappa shape index (κ2) is 5.23. The molecule has 0 saturated heterocycles. The van der Waals surface area contributed by atoms with Crippen LogP contribution in [0.1, 0.15) is 34.5 Å². The topological polar surface area (TPSA) is 47.8 Å². The molecule has 0 bridgehead atoms. The van der Waals surface area contributed by atoms with Crippen LogP contribution in [-0.4, -0.2) is 20.3 Å². The number of hydrogen-bond donors (Lipinski definition) is 0. The van der Waals surface area contributed by atoms with Gasteiger partial charge in [-0.1, -0.05) is 6.92 Å². The SMILES string of the molecule is CCCn1ccnc1CC(=O)c1scnc1C. The summed E-state index contributed by atoms with van der Waals surface area (Å²) in [7, 11) is 0. The molecule has 0 N–H and O–H groups in total. The van der Waals surface area contributed by atoms with Gasteiger partial charge in [0.15, 0.2) is 5.78 Å². The van der Waals surface area contributed by atoms with Gasteiger partial charge in [0.1, 0.15) is 5.82 Å². The summed E-state index contributed by atoms with van der Waals surface area (Å²) in [4.78, 5) is 21.2. The number of hydrogen-bond acceptors (Lipinski definition) is 4. The number of aromatic nitrogens is 3. The van der Waals surface area contributed by atoms with Crippen molar-refractivity contribution in [2.75, 3.05) is 0 Å². The van der Waals surface area contributed by atoms with Crippen molar-refractivity contribution < 1.29 is 4.79 Å². The molecule has 5 heteroatoms. The average Bonchev–Trinajstić information content (AvgIpc) is 2.89. The normalized spacial score (nSPS) is 10.7. The Hall–Kier alpha value is -1.49. The molecule has 0 aliphatic heterocycles. The number of nitrogens with zero attached hydrogens (tertiary/aromatic N) is 3. The van der Waals surface area contributed by atoms with Crippen LogP contribution in [0.4, 0.5) is 0 Å². The van der Waals surface area contributed by atoms with Crippen molar-refractivity contribution in [2.45, 2.75) is 33.2 Å². The molecule has 0 aromatic carbocycles. The molecule has 0 radical (unpaired) electrons. The minimum absolute atomic E-state index is 0.105. The lowest BCUT2D eigenvalue weighted by atomic mass is 10.2. The highest BCUT2D eigenvalue weighted by molar-refractivity contribution is 7.11. The molecule has 0 atom stereocenters. The van der Waals surface area contributed by atoms with Crippen LogP contribution in [0.5, 0.6) is 0 Å². The highest BCUT2D eigenvalue weighted by Crippen LogP contribution is 2.15. The van der Waals surface area contributed by atoms with E-state index >= 15 is 0 Å². The van der Waals surface area contributed by atoms with Gasteiger partial charge in [-0.15, -0.1) is 11.3 Å². The van der Waals surface area contributed by atoms with Crippen LogP contribution in [0, 0.1) is 6.92 Å². The van der Waals surface area contributed by atoms with Gasteiger partial charge in [-0.2, -0.15) is 0 Å². The van der Waals surface area contributed by atoms with Gasteiger partial charge < -0.3 is 4.57 Å². The molecule has 0 saturated carbocycles. The van der Waals surface area contributed by atoms with Crippen molar-refractivity contribution in [1.29, 1.82) is 0 Å². The van der Waals surface area contributed by atoms with Crippen molar-refractivity contribution in [1.82, 2.24) is 14.5 Å². The Morgan fingerprint density at radius 3 is 2.94 bits per heavy atom. The van der Waals surface area contributed by atoms with Gasteiger partial charge >= 0.3 is 0 Å². The molecule has 2 heterocycles. The highest BCUT2D eigenvalue weighted by Gasteiger charge is 2.15. The van der Waals surface area contributed by atoms with E-state index in [1.807, 2.05) is 17.7 Å². The fourth-order valence-corrected chi connectivity index (χ4v) is 2.49. The summed E-state index contributed by atoms with van der Waals surface area (Å²) in [5.41, 5.74) is 2.52. The molecular weight excluding hydrogens is 234 g/mol. The minimum atomic E-state index is 0.105. The first-order valence-corrected chi connectivity index (χ1v) is 6.53. The van der Waals surface area contributed by atoms with Crippen molar-refractivity contribution in [3.63, 3.8) is 0 Å². The van der Waals surface area contributed by atoms with Crippen LogP contribution < -0.4 is 0 Å². The molecule has 17 heavy (non-hydrogen) atoms. The smallest absolute Gasteiger partial charge is 0.182 e. The van der Waals surface area contributed by atoms with E-state index in [4.69, 9.17) is 0 Å². The molecule has 0 unspecified atom stereocenters. The van der Waals surface area contributed by atoms with Crippen molar-refractivity contribution in [3.8, 4) is 0 Å². The molecule has 0 spiro atoms. The second-order valence-electron chi connectivity index (χ2n) is 3.90. The van der Waals surface area contributed by atoms with E-state index in [1.54, 1.807) is 11.7 Å². The highest BCUT2D eigenvalue weighted by atomic mass is 32.1. The fraction of sp³-hybridized carbons (Fsp3) is 0.417. The lowest BCUT2D eigenvalue weighted by molar-refractivity contribution is 0.0993. The zero-order valence-corrected chi connectivity index (χ0v) is 10.8. The zero-order chi connectivity index (χ0) is 12.3. The Kier molecular flexibility index (Phi) is 3.68. The quantitative estimate of drug-likeness (QED) is 0.765. The Bertz CT molecular complexity index is 515. The van der Waals surface area contributed by atoms with Gasteiger partial charge in [-0.25, -0.2) is 9.97 Å². The van der Waals surface area contributed by atoms with Crippen molar-refractivity contribution in [3.05, 3.63) is 34.3 Å². The van der Waals surface area contributed by atoms with E-state index in [2.05, 4.69) is 16.9 Å². The molecule has 0 aliphatic rings. The monoisotopic (exact) mass is 249 g/mol. The summed E-state index contributed by atoms with van der Waals surface area (Å²) in [6.07, 6.45) is 5.07. The summed E-state index contributed by atoms with van der Waals surface area (Å²) in [6.45, 7) is 4.88. The molecule has 0 fully saturated rings. The third kappa shape index (κ3) is 2.61. The first-order valence-electron chi connectivity index (χ1n) is 5.65. The maximum atomic E-state index is 12.1. The van der Waals surface area contributed by atoms with Crippen molar-refractivity contribution in [2.24, 2.45) is 0 Å². The summed E-state index contributed by atoms with van der Waals surface area (Å²) in [5.74, 6) is 0.943. The number of imidazole rings is 1. The van der Waals surface area contributed by atoms with Gasteiger partial charge in [0.2, 0.25) is 0 Å². The fourth-order valence-electron chi connectivity index (χ4n) is 1.75. The zero-order valence-electron chi connectivity index (χ0n) is 10.0. The Morgan fingerprint density at radius 1 is 1.47 bits per heavy atom. The van der Waals surface area contributed by atoms with Crippen LogP contribution in [0.15, 0.2) is 17.9 Å². The number of thiazole rings is 1. The molecule has 2 rings (SSSR count). The van der Waals surface area contributed by atoms with Crippen LogP contribution in [-0.2, 0) is 13.0 Å². The predicted molar refractivity (Wildman–Crippen MR) is 67.4 cm³/mol. The number of Topliss-reactive ketones (excluding diaryl/α,β-unsaturated/α-hetero) is 1. The van der Waals surface area contributed by atoms with Crippen LogP contribution >= 0.6 is 11.3 Å².